The molecule has 0 aromatic carbocycles. The van der Waals surface area contributed by atoms with Crippen LogP contribution >= 0.6 is 11.6 Å². The number of nitrogens with one attached hydrogen (secondary N) is 2. The second-order valence-corrected chi connectivity index (χ2v) is 6.94. The van der Waals surface area contributed by atoms with Crippen molar-refractivity contribution in [3.63, 3.8) is 0 Å². The van der Waals surface area contributed by atoms with Gasteiger partial charge in [0.25, 0.3) is 6.01 Å². The highest BCUT2D eigenvalue weighted by Gasteiger charge is 2.48. The minimum atomic E-state index is -0.622. The van der Waals surface area contributed by atoms with Crippen LogP contribution in [-0.4, -0.2) is 57.7 Å². The molecular formula is C17H17ClN4O5. The normalized spacial score (nSPS) is 27.2. The van der Waals surface area contributed by atoms with Gasteiger partial charge in [-0.3, -0.25) is 0 Å². The molecule has 0 amide bonds. The number of halogens is 1. The summed E-state index contributed by atoms with van der Waals surface area (Å²) in [5.41, 5.74) is 2.12. The molecule has 3 N–H and O–H groups in total. The smallest absolute Gasteiger partial charge is 0.296 e. The number of pyridine rings is 1. The zero-order chi connectivity index (χ0) is 18.4. The average Bonchev–Trinajstić information content (AvgIpc) is 3.41. The second-order valence-electron chi connectivity index (χ2n) is 6.54. The third kappa shape index (κ3) is 3.12. The number of aliphatic hydroxyl groups excluding tert-OH is 1. The highest BCUT2D eigenvalue weighted by atomic mass is 35.5. The Hall–Kier alpha value is -2.33. The molecule has 0 saturated carbocycles. The first-order valence-corrected chi connectivity index (χ1v) is 8.94. The summed E-state index contributed by atoms with van der Waals surface area (Å²) in [5, 5.41) is 13.4. The molecular weight excluding hydrogens is 376 g/mol. The molecule has 0 aliphatic carbocycles. The van der Waals surface area contributed by atoms with Gasteiger partial charge in [0.15, 0.2) is 11.8 Å². The Balaban J connectivity index is 1.33. The molecule has 27 heavy (non-hydrogen) atoms. The number of hydrogen-bond acceptors (Lipinski definition) is 8. The van der Waals surface area contributed by atoms with Crippen molar-refractivity contribution in [2.45, 2.75) is 31.0 Å². The number of ether oxygens (including phenoxy) is 3. The zero-order valence-electron chi connectivity index (χ0n) is 14.1. The van der Waals surface area contributed by atoms with E-state index in [9.17, 15) is 5.11 Å². The number of H-pyrrole nitrogens is 1. The molecule has 0 bridgehead atoms. The molecule has 3 aromatic rings. The van der Waals surface area contributed by atoms with Gasteiger partial charge in [0.05, 0.1) is 36.3 Å². The van der Waals surface area contributed by atoms with E-state index >= 15 is 0 Å². The Bertz CT molecular complexity index is 946. The number of furan rings is 1. The van der Waals surface area contributed by atoms with Crippen molar-refractivity contribution in [2.24, 2.45) is 0 Å². The maximum absolute atomic E-state index is 9.81. The molecule has 4 atom stereocenters. The van der Waals surface area contributed by atoms with Crippen molar-refractivity contribution in [1.29, 1.82) is 0 Å². The zero-order valence-corrected chi connectivity index (χ0v) is 14.8. The van der Waals surface area contributed by atoms with Crippen molar-refractivity contribution in [1.82, 2.24) is 15.0 Å². The summed E-state index contributed by atoms with van der Waals surface area (Å²) in [4.78, 5) is 11.9. The number of hydrogen-bond donors (Lipinski definition) is 3. The van der Waals surface area contributed by atoms with E-state index in [0.717, 1.165) is 5.56 Å². The molecule has 0 radical (unpaired) electrons. The summed E-state index contributed by atoms with van der Waals surface area (Å²) < 4.78 is 22.0. The lowest BCUT2D eigenvalue weighted by molar-refractivity contribution is 0.00706. The first-order valence-electron chi connectivity index (χ1n) is 8.56. The summed E-state index contributed by atoms with van der Waals surface area (Å²) in [6.45, 7) is 1.11. The Morgan fingerprint density at radius 1 is 1.30 bits per heavy atom. The molecule has 10 heteroatoms. The van der Waals surface area contributed by atoms with Gasteiger partial charge in [0.2, 0.25) is 0 Å². The van der Waals surface area contributed by atoms with Crippen LogP contribution < -0.4 is 10.1 Å². The molecule has 5 rings (SSSR count). The number of imidazole rings is 1. The molecule has 5 heterocycles. The van der Waals surface area contributed by atoms with Crippen LogP contribution in [0.25, 0.3) is 11.2 Å². The molecule has 2 saturated heterocycles. The lowest BCUT2D eigenvalue weighted by Gasteiger charge is -2.15. The Morgan fingerprint density at radius 3 is 3.04 bits per heavy atom. The van der Waals surface area contributed by atoms with Gasteiger partial charge in [0.1, 0.15) is 24.1 Å². The third-order valence-electron chi connectivity index (χ3n) is 4.69. The van der Waals surface area contributed by atoms with Gasteiger partial charge in [-0.1, -0.05) is 11.6 Å². The van der Waals surface area contributed by atoms with E-state index in [4.69, 9.17) is 30.2 Å². The van der Waals surface area contributed by atoms with E-state index in [1.54, 1.807) is 18.6 Å². The summed E-state index contributed by atoms with van der Waals surface area (Å²) >= 11 is 6.31. The first-order chi connectivity index (χ1) is 13.2. The molecule has 2 fully saturated rings. The lowest BCUT2D eigenvalue weighted by Crippen LogP contribution is -2.34. The number of rotatable bonds is 5. The highest BCUT2D eigenvalue weighted by Crippen LogP contribution is 2.30. The van der Waals surface area contributed by atoms with Gasteiger partial charge >= 0.3 is 0 Å². The van der Waals surface area contributed by atoms with E-state index in [0.29, 0.717) is 41.2 Å². The number of anilines is 1. The number of aliphatic hydroxyl groups is 1. The van der Waals surface area contributed by atoms with Gasteiger partial charge < -0.3 is 34.0 Å². The largest absolute Gasteiger partial charge is 0.472 e. The maximum atomic E-state index is 9.81. The summed E-state index contributed by atoms with van der Waals surface area (Å²) in [5.74, 6) is 0.523. The van der Waals surface area contributed by atoms with Crippen LogP contribution in [0.5, 0.6) is 6.01 Å². The van der Waals surface area contributed by atoms with Crippen molar-refractivity contribution < 1.29 is 23.7 Å². The van der Waals surface area contributed by atoms with Crippen LogP contribution in [0, 0.1) is 0 Å². The molecule has 142 valence electrons. The first kappa shape index (κ1) is 16.8. The fourth-order valence-electron chi connectivity index (χ4n) is 3.34. The van der Waals surface area contributed by atoms with Gasteiger partial charge in [-0.05, 0) is 12.1 Å². The summed E-state index contributed by atoms with van der Waals surface area (Å²) in [6, 6.07) is 3.91. The van der Waals surface area contributed by atoms with Crippen LogP contribution in [0.4, 0.5) is 5.82 Å². The predicted octanol–water partition coefficient (Wildman–Crippen LogP) is 1.72. The summed E-state index contributed by atoms with van der Waals surface area (Å²) in [6.07, 6.45) is 1.63. The fraction of sp³-hybridized carbons (Fsp3) is 0.412. The van der Waals surface area contributed by atoms with E-state index < -0.39 is 6.10 Å². The number of aromatic amines is 1. The summed E-state index contributed by atoms with van der Waals surface area (Å²) in [7, 11) is 0. The molecule has 0 unspecified atom stereocenters. The monoisotopic (exact) mass is 392 g/mol. The molecule has 2 aliphatic rings. The Labute approximate surface area is 158 Å². The fourth-order valence-corrected chi connectivity index (χ4v) is 3.56. The number of fused-ring (bicyclic) bond motifs is 2. The minimum absolute atomic E-state index is 0.248. The quantitative estimate of drug-likeness (QED) is 0.601. The lowest BCUT2D eigenvalue weighted by atomic mass is 10.1. The molecule has 9 nitrogen and oxygen atoms in total. The number of aromatic nitrogens is 3. The van der Waals surface area contributed by atoms with Gasteiger partial charge in [-0.2, -0.15) is 4.98 Å². The molecule has 2 aliphatic heterocycles. The standard InChI is InChI=1S/C17H17ClN4O5/c18-9-3-10-16(21-15(9)19-4-8-1-2-24-5-8)22-17(20-10)27-12-7-26-13-11(23)6-25-14(12)13/h1-3,5,11-14,23H,4,6-7H2,(H2,19,20,21,22)/t11-,12-,13-,14-/m1/s1. The Kier molecular flexibility index (Phi) is 4.16. The molecule has 0 spiro atoms. The van der Waals surface area contributed by atoms with Crippen LogP contribution in [0.2, 0.25) is 5.02 Å². The third-order valence-corrected chi connectivity index (χ3v) is 4.98. The van der Waals surface area contributed by atoms with Crippen molar-refractivity contribution >= 4 is 28.6 Å². The topological polar surface area (TPSA) is 115 Å². The average molecular weight is 393 g/mol. The van der Waals surface area contributed by atoms with E-state index in [2.05, 4.69) is 20.3 Å². The predicted molar refractivity (Wildman–Crippen MR) is 94.8 cm³/mol. The van der Waals surface area contributed by atoms with Crippen molar-refractivity contribution in [3.05, 3.63) is 35.2 Å². The minimum Gasteiger partial charge on any atom is -0.472 e. The van der Waals surface area contributed by atoms with Crippen LogP contribution in [-0.2, 0) is 16.0 Å². The van der Waals surface area contributed by atoms with Crippen LogP contribution in [0.15, 0.2) is 29.1 Å². The van der Waals surface area contributed by atoms with Gasteiger partial charge in [-0.15, -0.1) is 0 Å². The van der Waals surface area contributed by atoms with E-state index in [1.165, 1.54) is 0 Å². The van der Waals surface area contributed by atoms with Gasteiger partial charge in [0, 0.05) is 12.1 Å². The van der Waals surface area contributed by atoms with E-state index in [-0.39, 0.29) is 24.9 Å². The Morgan fingerprint density at radius 2 is 2.19 bits per heavy atom. The number of nitrogens with zero attached hydrogens (tertiary/aromatic N) is 2. The van der Waals surface area contributed by atoms with Crippen molar-refractivity contribution in [2.75, 3.05) is 18.5 Å². The van der Waals surface area contributed by atoms with Crippen LogP contribution in [0.1, 0.15) is 5.56 Å². The van der Waals surface area contributed by atoms with Crippen molar-refractivity contribution in [3.8, 4) is 6.01 Å². The highest BCUT2D eigenvalue weighted by molar-refractivity contribution is 6.33. The second kappa shape index (κ2) is 6.68. The molecule has 3 aromatic heterocycles. The maximum Gasteiger partial charge on any atom is 0.296 e. The van der Waals surface area contributed by atoms with E-state index in [1.807, 2.05) is 6.07 Å². The SMILES string of the molecule is O[C@@H]1CO[C@H]2[C@@H]1OC[C@H]2Oc1nc2nc(NCc3ccoc3)c(Cl)cc2[nH]1. The van der Waals surface area contributed by atoms with Crippen LogP contribution in [0.3, 0.4) is 0 Å². The van der Waals surface area contributed by atoms with Gasteiger partial charge in [-0.25, -0.2) is 4.98 Å².